The summed E-state index contributed by atoms with van der Waals surface area (Å²) in [5.41, 5.74) is 12.6. The lowest BCUT2D eigenvalue weighted by molar-refractivity contribution is 0.635. The lowest BCUT2D eigenvalue weighted by Crippen LogP contribution is -2.31. The van der Waals surface area contributed by atoms with Crippen LogP contribution in [-0.2, 0) is 5.41 Å². The molecule has 3 nitrogen and oxygen atoms in total. The van der Waals surface area contributed by atoms with E-state index in [1.165, 1.54) is 44.4 Å². The molecule has 0 spiro atoms. The number of nitrogens with zero attached hydrogens (tertiary/aromatic N) is 3. The summed E-state index contributed by atoms with van der Waals surface area (Å²) in [5.74, 6) is 0.908. The van der Waals surface area contributed by atoms with Gasteiger partial charge < -0.3 is 4.90 Å². The monoisotopic (exact) mass is 603 g/mol. The molecule has 8 aromatic rings. The number of rotatable bonds is 4. The van der Waals surface area contributed by atoms with Crippen molar-refractivity contribution in [2.75, 3.05) is 4.90 Å². The second-order valence-electron chi connectivity index (χ2n) is 12.9. The van der Waals surface area contributed by atoms with Gasteiger partial charge in [0.2, 0.25) is 0 Å². The largest absolute Gasteiger partial charge is 0.310 e. The van der Waals surface area contributed by atoms with Gasteiger partial charge in [-0.2, -0.15) is 0 Å². The smallest absolute Gasteiger partial charge is 0.138 e. The predicted octanol–water partition coefficient (Wildman–Crippen LogP) is 11.6. The molecule has 1 aliphatic rings. The van der Waals surface area contributed by atoms with Crippen LogP contribution < -0.4 is 4.90 Å². The average Bonchev–Trinajstić information content (AvgIpc) is 3.47. The lowest BCUT2D eigenvalue weighted by atomic mass is 9.72. The number of pyridine rings is 1. The summed E-state index contributed by atoms with van der Waals surface area (Å²) in [6, 6.07) is 58.6. The van der Waals surface area contributed by atoms with E-state index in [2.05, 4.69) is 187 Å². The van der Waals surface area contributed by atoms with Gasteiger partial charge in [-0.15, -0.1) is 0 Å². The first-order valence-corrected chi connectivity index (χ1v) is 16.2. The summed E-state index contributed by atoms with van der Waals surface area (Å²) in [7, 11) is 0. The van der Waals surface area contributed by atoms with E-state index >= 15 is 0 Å². The highest BCUT2D eigenvalue weighted by atomic mass is 15.2. The Hall–Kier alpha value is -5.93. The van der Waals surface area contributed by atoms with Crippen LogP contribution in [-0.4, -0.2) is 9.55 Å². The van der Waals surface area contributed by atoms with Gasteiger partial charge in [-0.3, -0.25) is 4.57 Å². The van der Waals surface area contributed by atoms with Gasteiger partial charge in [-0.05, 0) is 59.2 Å². The van der Waals surface area contributed by atoms with Crippen molar-refractivity contribution in [1.82, 2.24) is 9.55 Å². The van der Waals surface area contributed by atoms with Crippen LogP contribution in [0.3, 0.4) is 0 Å². The van der Waals surface area contributed by atoms with Gasteiger partial charge >= 0.3 is 0 Å². The van der Waals surface area contributed by atoms with Crippen molar-refractivity contribution >= 4 is 38.9 Å². The molecule has 0 N–H and O–H groups in total. The number of hydrogen-bond donors (Lipinski definition) is 0. The van der Waals surface area contributed by atoms with Gasteiger partial charge in [0.1, 0.15) is 5.82 Å². The highest BCUT2D eigenvalue weighted by molar-refractivity contribution is 6.13. The summed E-state index contributed by atoms with van der Waals surface area (Å²) < 4.78 is 2.42. The highest BCUT2D eigenvalue weighted by Gasteiger charge is 2.39. The zero-order valence-electron chi connectivity index (χ0n) is 26.4. The molecule has 3 heteroatoms. The minimum absolute atomic E-state index is 0.290. The van der Waals surface area contributed by atoms with Crippen LogP contribution in [0.4, 0.5) is 17.1 Å². The molecule has 0 aliphatic carbocycles. The second-order valence-corrected chi connectivity index (χ2v) is 12.9. The molecule has 0 bridgehead atoms. The van der Waals surface area contributed by atoms with Crippen molar-refractivity contribution in [2.24, 2.45) is 0 Å². The summed E-state index contributed by atoms with van der Waals surface area (Å²) >= 11 is 0. The van der Waals surface area contributed by atoms with E-state index in [1.54, 1.807) is 0 Å². The van der Waals surface area contributed by atoms with Crippen LogP contribution in [0.25, 0.3) is 50.0 Å². The van der Waals surface area contributed by atoms with Crippen LogP contribution in [0, 0.1) is 0 Å². The molecular formula is C44H33N3. The summed E-state index contributed by atoms with van der Waals surface area (Å²) in [6.45, 7) is 4.75. The van der Waals surface area contributed by atoms with E-state index < -0.39 is 0 Å². The minimum Gasteiger partial charge on any atom is -0.310 e. The van der Waals surface area contributed by atoms with E-state index in [4.69, 9.17) is 4.98 Å². The fourth-order valence-corrected chi connectivity index (χ4v) is 7.59. The third-order valence-corrected chi connectivity index (χ3v) is 9.73. The zero-order valence-corrected chi connectivity index (χ0v) is 26.4. The topological polar surface area (TPSA) is 21.1 Å². The van der Waals surface area contributed by atoms with E-state index in [0.717, 1.165) is 33.8 Å². The number of benzene rings is 6. The first-order valence-electron chi connectivity index (χ1n) is 16.2. The fourth-order valence-electron chi connectivity index (χ4n) is 7.59. The van der Waals surface area contributed by atoms with Gasteiger partial charge in [-0.25, -0.2) is 4.98 Å². The Morgan fingerprint density at radius 3 is 1.91 bits per heavy atom. The third kappa shape index (κ3) is 4.24. The molecule has 0 amide bonds. The first-order chi connectivity index (χ1) is 23.1. The standard InChI is InChI=1S/C44H33N3/c1-44(2)36-23-13-15-25-39(36)46(33-20-10-5-11-21-33)40-27-26-35-34-22-12-14-24-38(34)47(43(35)42(40)44)41-29-32(30-16-6-3-7-17-30)28-37(45-41)31-18-8-4-9-19-31/h3-29H,1-2H3. The lowest BCUT2D eigenvalue weighted by Gasteiger charge is -2.42. The van der Waals surface area contributed by atoms with E-state index in [9.17, 15) is 0 Å². The molecule has 0 unspecified atom stereocenters. The Labute approximate surface area is 275 Å². The zero-order chi connectivity index (χ0) is 31.5. The van der Waals surface area contributed by atoms with Crippen molar-refractivity contribution in [3.05, 3.63) is 175 Å². The van der Waals surface area contributed by atoms with Crippen molar-refractivity contribution in [3.8, 4) is 28.2 Å². The SMILES string of the molecule is CC1(C)c2ccccc2N(c2ccccc2)c2ccc3c4ccccc4n(-c4cc(-c5ccccc5)cc(-c5ccccc5)n4)c3c21. The summed E-state index contributed by atoms with van der Waals surface area (Å²) in [4.78, 5) is 7.87. The molecular weight excluding hydrogens is 571 g/mol. The van der Waals surface area contributed by atoms with Gasteiger partial charge in [0.15, 0.2) is 0 Å². The number of hydrogen-bond acceptors (Lipinski definition) is 2. The Kier molecular flexibility index (Phi) is 6.16. The Bertz CT molecular complexity index is 2370. The maximum Gasteiger partial charge on any atom is 0.138 e. The molecule has 47 heavy (non-hydrogen) atoms. The van der Waals surface area contributed by atoms with Crippen LogP contribution >= 0.6 is 0 Å². The van der Waals surface area contributed by atoms with Crippen molar-refractivity contribution in [3.63, 3.8) is 0 Å². The van der Waals surface area contributed by atoms with Crippen LogP contribution in [0.15, 0.2) is 164 Å². The second kappa shape index (κ2) is 10.6. The van der Waals surface area contributed by atoms with Gasteiger partial charge in [0, 0.05) is 33.0 Å². The van der Waals surface area contributed by atoms with Crippen molar-refractivity contribution in [2.45, 2.75) is 19.3 Å². The van der Waals surface area contributed by atoms with E-state index in [0.29, 0.717) is 0 Å². The fraction of sp³-hybridized carbons (Fsp3) is 0.0682. The van der Waals surface area contributed by atoms with Gasteiger partial charge in [0.25, 0.3) is 0 Å². The first kappa shape index (κ1) is 27.4. The summed E-state index contributed by atoms with van der Waals surface area (Å²) in [5, 5.41) is 2.45. The third-order valence-electron chi connectivity index (χ3n) is 9.73. The molecule has 0 saturated carbocycles. The normalized spacial score (nSPS) is 13.4. The van der Waals surface area contributed by atoms with Gasteiger partial charge in [-0.1, -0.05) is 135 Å². The van der Waals surface area contributed by atoms with Gasteiger partial charge in [0.05, 0.1) is 28.1 Å². The number of aromatic nitrogens is 2. The minimum atomic E-state index is -0.290. The van der Waals surface area contributed by atoms with Crippen LogP contribution in [0.5, 0.6) is 0 Å². The number of fused-ring (bicyclic) bond motifs is 6. The summed E-state index contributed by atoms with van der Waals surface area (Å²) in [6.07, 6.45) is 0. The van der Waals surface area contributed by atoms with Crippen molar-refractivity contribution in [1.29, 1.82) is 0 Å². The molecule has 2 aromatic heterocycles. The molecule has 6 aromatic carbocycles. The molecule has 0 saturated heterocycles. The highest BCUT2D eigenvalue weighted by Crippen LogP contribution is 2.55. The molecule has 0 fully saturated rings. The molecule has 1 aliphatic heterocycles. The number of anilines is 3. The molecule has 3 heterocycles. The van der Waals surface area contributed by atoms with Crippen molar-refractivity contribution < 1.29 is 0 Å². The quantitative estimate of drug-likeness (QED) is 0.200. The maximum atomic E-state index is 5.44. The average molecular weight is 604 g/mol. The Balaban J connectivity index is 1.42. The van der Waals surface area contributed by atoms with E-state index in [-0.39, 0.29) is 5.41 Å². The molecule has 9 rings (SSSR count). The predicted molar refractivity (Wildman–Crippen MR) is 196 cm³/mol. The van der Waals surface area contributed by atoms with Crippen LogP contribution in [0.2, 0.25) is 0 Å². The Morgan fingerprint density at radius 2 is 1.15 bits per heavy atom. The number of para-hydroxylation sites is 3. The Morgan fingerprint density at radius 1 is 0.511 bits per heavy atom. The molecule has 0 atom stereocenters. The van der Waals surface area contributed by atoms with Crippen LogP contribution in [0.1, 0.15) is 25.0 Å². The van der Waals surface area contributed by atoms with E-state index in [1.807, 2.05) is 0 Å². The molecule has 0 radical (unpaired) electrons. The maximum absolute atomic E-state index is 5.44. The molecule has 224 valence electrons.